The molecule has 1 heterocycles. The number of hydrogen-bond acceptors (Lipinski definition) is 11. The number of dihydropyridines is 1. The first kappa shape index (κ1) is 30.9. The molecule has 0 spiro atoms. The molecule has 0 aromatic heterocycles. The van der Waals surface area contributed by atoms with Gasteiger partial charge in [-0.25, -0.2) is 9.59 Å². The summed E-state index contributed by atoms with van der Waals surface area (Å²) in [5.74, 6) is -2.56. The molecular formula is C26H36N2O10. The van der Waals surface area contributed by atoms with Gasteiger partial charge in [-0.1, -0.05) is 19.1 Å². The number of esters is 2. The first-order valence-electron chi connectivity index (χ1n) is 12.3. The number of hydrogen-bond donors (Lipinski definition) is 1. The molecule has 2 rings (SSSR count). The summed E-state index contributed by atoms with van der Waals surface area (Å²) in [6.07, 6.45) is -0.218. The van der Waals surface area contributed by atoms with Gasteiger partial charge in [0.05, 0.1) is 40.9 Å². The molecule has 0 aliphatic carbocycles. The topological polar surface area (TPSA) is 145 Å². The normalized spacial score (nSPS) is 15.5. The maximum Gasteiger partial charge on any atom is 0.337 e. The van der Waals surface area contributed by atoms with Crippen molar-refractivity contribution in [2.24, 2.45) is 0 Å². The number of nitrogens with one attached hydrogen (secondary N) is 1. The highest BCUT2D eigenvalue weighted by Gasteiger charge is 2.41. The van der Waals surface area contributed by atoms with Crippen LogP contribution >= 0.6 is 0 Å². The molecule has 0 saturated carbocycles. The third kappa shape index (κ3) is 8.09. The molecular weight excluding hydrogens is 500 g/mol. The number of rotatable bonds is 16. The minimum atomic E-state index is -1.08. The Labute approximate surface area is 222 Å². The van der Waals surface area contributed by atoms with Crippen LogP contribution in [0.2, 0.25) is 0 Å². The number of carbonyl (C=O) groups is 2. The maximum absolute atomic E-state index is 13.5. The van der Waals surface area contributed by atoms with Gasteiger partial charge in [-0.15, -0.1) is 0 Å². The van der Waals surface area contributed by atoms with Crippen LogP contribution in [0.5, 0.6) is 0 Å². The Morgan fingerprint density at radius 3 is 2.18 bits per heavy atom. The highest BCUT2D eigenvalue weighted by atomic mass is 16.7. The van der Waals surface area contributed by atoms with E-state index in [4.69, 9.17) is 28.4 Å². The van der Waals surface area contributed by atoms with E-state index in [9.17, 15) is 19.7 Å². The van der Waals surface area contributed by atoms with Crippen LogP contribution in [-0.2, 0) is 38.0 Å². The molecule has 12 nitrogen and oxygen atoms in total. The summed E-state index contributed by atoms with van der Waals surface area (Å²) in [5, 5.41) is 14.6. The second-order valence-electron chi connectivity index (χ2n) is 8.16. The van der Waals surface area contributed by atoms with Crippen molar-refractivity contribution in [3.63, 3.8) is 0 Å². The molecule has 1 atom stereocenters. The quantitative estimate of drug-likeness (QED) is 0.109. The van der Waals surface area contributed by atoms with Crippen LogP contribution in [0.25, 0.3) is 0 Å². The van der Waals surface area contributed by atoms with E-state index in [1.54, 1.807) is 13.0 Å². The maximum atomic E-state index is 13.5. The Morgan fingerprint density at radius 2 is 1.61 bits per heavy atom. The monoisotopic (exact) mass is 536 g/mol. The molecule has 0 amide bonds. The molecule has 1 aromatic rings. The second kappa shape index (κ2) is 15.8. The van der Waals surface area contributed by atoms with Crippen LogP contribution in [0.15, 0.2) is 46.8 Å². The van der Waals surface area contributed by atoms with Crippen LogP contribution in [-0.4, -0.2) is 77.0 Å². The number of nitrogens with zero attached hydrogens (tertiary/aromatic N) is 1. The minimum Gasteiger partial charge on any atom is -0.460 e. The SMILES string of the molecule is CCCOCCOC(=O)C1=C(C(OC)OC)NC(C)=C(C(=O)OCCOCC)C1c1cccc([N+](=O)[O-])c1. The molecule has 1 N–H and O–H groups in total. The number of carbonyl (C=O) groups excluding carboxylic acids is 2. The highest BCUT2D eigenvalue weighted by Crippen LogP contribution is 2.41. The standard InChI is InChI=1S/C26H36N2O10/c1-6-11-36-13-15-38-25(30)22-21(18-9-8-10-19(16-18)28(31)32)20(24(29)37-14-12-35-7-2)17(3)27-23(22)26(33-4)34-5/h8-10,16,21,26-27H,6-7,11-15H2,1-5H3. The third-order valence-corrected chi connectivity index (χ3v) is 5.59. The average molecular weight is 537 g/mol. The summed E-state index contributed by atoms with van der Waals surface area (Å²) in [7, 11) is 2.78. The lowest BCUT2D eigenvalue weighted by Gasteiger charge is -2.33. The van der Waals surface area contributed by atoms with Gasteiger partial charge in [-0.05, 0) is 25.8 Å². The minimum absolute atomic E-state index is 0.00273. The van der Waals surface area contributed by atoms with E-state index in [0.29, 0.717) is 24.5 Å². The van der Waals surface area contributed by atoms with Gasteiger partial charge in [0, 0.05) is 45.3 Å². The third-order valence-electron chi connectivity index (χ3n) is 5.59. The van der Waals surface area contributed by atoms with Crippen LogP contribution in [0, 0.1) is 10.1 Å². The van der Waals surface area contributed by atoms with E-state index in [1.165, 1.54) is 32.4 Å². The second-order valence-corrected chi connectivity index (χ2v) is 8.16. The van der Waals surface area contributed by atoms with E-state index in [0.717, 1.165) is 6.42 Å². The van der Waals surface area contributed by atoms with E-state index in [-0.39, 0.29) is 49.0 Å². The van der Waals surface area contributed by atoms with Crippen LogP contribution in [0.3, 0.4) is 0 Å². The summed E-state index contributed by atoms with van der Waals surface area (Å²) < 4.78 is 32.4. The van der Waals surface area contributed by atoms with Gasteiger partial charge in [0.2, 0.25) is 0 Å². The summed E-state index contributed by atoms with van der Waals surface area (Å²) in [6, 6.07) is 5.70. The van der Waals surface area contributed by atoms with Gasteiger partial charge in [-0.2, -0.15) is 0 Å². The summed E-state index contributed by atoms with van der Waals surface area (Å²) in [5.41, 5.74) is 0.756. The number of nitro groups is 1. The summed E-state index contributed by atoms with van der Waals surface area (Å²) in [4.78, 5) is 37.9. The van der Waals surface area contributed by atoms with E-state index in [2.05, 4.69) is 5.32 Å². The lowest BCUT2D eigenvalue weighted by molar-refractivity contribution is -0.384. The number of methoxy groups -OCH3 is 2. The van der Waals surface area contributed by atoms with Crippen LogP contribution in [0.4, 0.5) is 5.69 Å². The van der Waals surface area contributed by atoms with Gasteiger partial charge >= 0.3 is 11.9 Å². The first-order valence-corrected chi connectivity index (χ1v) is 12.3. The molecule has 210 valence electrons. The number of allylic oxidation sites excluding steroid dienone is 1. The molecule has 12 heteroatoms. The molecule has 0 radical (unpaired) electrons. The van der Waals surface area contributed by atoms with Crippen molar-refractivity contribution in [3.8, 4) is 0 Å². The van der Waals surface area contributed by atoms with Crippen LogP contribution in [0.1, 0.15) is 38.7 Å². The van der Waals surface area contributed by atoms with E-state index < -0.39 is 29.1 Å². The fraction of sp³-hybridized carbons (Fsp3) is 0.538. The number of ether oxygens (including phenoxy) is 6. The highest BCUT2D eigenvalue weighted by molar-refractivity contribution is 6.00. The van der Waals surface area contributed by atoms with Gasteiger partial charge in [-0.3, -0.25) is 10.1 Å². The van der Waals surface area contributed by atoms with Gasteiger partial charge < -0.3 is 33.7 Å². The lowest BCUT2D eigenvalue weighted by Crippen LogP contribution is -2.39. The molecule has 0 saturated heterocycles. The smallest absolute Gasteiger partial charge is 0.337 e. The van der Waals surface area contributed by atoms with Crippen molar-refractivity contribution in [1.82, 2.24) is 5.32 Å². The summed E-state index contributed by atoms with van der Waals surface area (Å²) >= 11 is 0. The largest absolute Gasteiger partial charge is 0.460 e. The number of benzene rings is 1. The zero-order valence-electron chi connectivity index (χ0n) is 22.4. The lowest BCUT2D eigenvalue weighted by atomic mass is 9.80. The van der Waals surface area contributed by atoms with Crippen molar-refractivity contribution in [2.75, 3.05) is 53.9 Å². The Morgan fingerprint density at radius 1 is 0.974 bits per heavy atom. The molecule has 1 aromatic carbocycles. The van der Waals surface area contributed by atoms with E-state index in [1.807, 2.05) is 13.8 Å². The van der Waals surface area contributed by atoms with Crippen molar-refractivity contribution in [2.45, 2.75) is 39.4 Å². The zero-order chi connectivity index (χ0) is 28.1. The Balaban J connectivity index is 2.62. The fourth-order valence-corrected chi connectivity index (χ4v) is 3.95. The molecule has 0 bridgehead atoms. The van der Waals surface area contributed by atoms with Crippen molar-refractivity contribution < 1.29 is 42.9 Å². The van der Waals surface area contributed by atoms with Crippen molar-refractivity contribution >= 4 is 17.6 Å². The fourth-order valence-electron chi connectivity index (χ4n) is 3.95. The molecule has 0 fully saturated rings. The summed E-state index contributed by atoms with van der Waals surface area (Å²) in [6.45, 7) is 6.68. The van der Waals surface area contributed by atoms with Gasteiger partial charge in [0.25, 0.3) is 5.69 Å². The Kier molecular flexibility index (Phi) is 12.9. The van der Waals surface area contributed by atoms with Crippen molar-refractivity contribution in [1.29, 1.82) is 0 Å². The Hall–Kier alpha value is -3.32. The Bertz CT molecular complexity index is 1030. The molecule has 1 aliphatic heterocycles. The molecule has 38 heavy (non-hydrogen) atoms. The van der Waals surface area contributed by atoms with E-state index >= 15 is 0 Å². The number of non-ortho nitro benzene ring substituents is 1. The predicted molar refractivity (Wildman–Crippen MR) is 136 cm³/mol. The van der Waals surface area contributed by atoms with Crippen molar-refractivity contribution in [3.05, 3.63) is 62.5 Å². The predicted octanol–water partition coefficient (Wildman–Crippen LogP) is 2.98. The van der Waals surface area contributed by atoms with Gasteiger partial charge in [0.15, 0.2) is 6.29 Å². The first-order chi connectivity index (χ1) is 18.3. The number of nitro benzene ring substituents is 1. The van der Waals surface area contributed by atoms with Gasteiger partial charge in [0.1, 0.15) is 13.2 Å². The average Bonchev–Trinajstić information content (AvgIpc) is 2.91. The zero-order valence-corrected chi connectivity index (χ0v) is 22.4. The molecule has 1 aliphatic rings. The van der Waals surface area contributed by atoms with Crippen LogP contribution < -0.4 is 5.32 Å². The molecule has 1 unspecified atom stereocenters.